The van der Waals surface area contributed by atoms with Gasteiger partial charge in [-0.15, -0.1) is 11.3 Å². The van der Waals surface area contributed by atoms with Crippen LogP contribution in [0.4, 0.5) is 15.1 Å². The molecule has 1 aliphatic rings. The number of nitrogens with zero attached hydrogens (tertiary/aromatic N) is 1. The third-order valence-corrected chi connectivity index (χ3v) is 6.47. The lowest BCUT2D eigenvalue weighted by atomic mass is 10.1. The third-order valence-electron chi connectivity index (χ3n) is 5.39. The number of fused-ring (bicyclic) bond motifs is 1. The van der Waals surface area contributed by atoms with Gasteiger partial charge < -0.3 is 20.3 Å². The first kappa shape index (κ1) is 20.8. The highest BCUT2D eigenvalue weighted by Crippen LogP contribution is 2.38. The molecule has 0 amide bonds. The maximum Gasteiger partial charge on any atom is 0.131 e. The van der Waals surface area contributed by atoms with E-state index in [9.17, 15) is 4.39 Å². The molecule has 3 aromatic rings. The number of rotatable bonds is 7. The molecule has 5 nitrogen and oxygen atoms in total. The van der Waals surface area contributed by atoms with Crippen LogP contribution in [-0.4, -0.2) is 50.1 Å². The number of anilines is 2. The molecule has 0 spiro atoms. The molecule has 1 unspecified atom stereocenters. The predicted octanol–water partition coefficient (Wildman–Crippen LogP) is 4.81. The van der Waals surface area contributed by atoms with Gasteiger partial charge in [0.15, 0.2) is 0 Å². The zero-order chi connectivity index (χ0) is 20.9. The van der Waals surface area contributed by atoms with Crippen molar-refractivity contribution < 1.29 is 9.13 Å². The number of hydrogen-bond donors (Lipinski definition) is 3. The van der Waals surface area contributed by atoms with Crippen molar-refractivity contribution in [3.8, 4) is 0 Å². The first-order chi connectivity index (χ1) is 14.7. The number of thiophene rings is 1. The average molecular weight is 427 g/mol. The topological polar surface area (TPSA) is 60.4 Å². The van der Waals surface area contributed by atoms with Crippen molar-refractivity contribution >= 4 is 37.9 Å². The highest BCUT2D eigenvalue weighted by Gasteiger charge is 2.25. The molecule has 1 atom stereocenters. The SMILES string of the molecule is COCCCC1CN(C(=N)c2c(Nc3cccc(F)c3)sc3ccccc23)CCN1. The summed E-state index contributed by atoms with van der Waals surface area (Å²) in [6, 6.07) is 14.9. The predicted molar refractivity (Wildman–Crippen MR) is 123 cm³/mol. The van der Waals surface area contributed by atoms with Crippen LogP contribution in [0.5, 0.6) is 0 Å². The third kappa shape index (κ3) is 4.64. The number of benzene rings is 2. The quantitative estimate of drug-likeness (QED) is 0.288. The van der Waals surface area contributed by atoms with Crippen LogP contribution in [0.15, 0.2) is 48.5 Å². The van der Waals surface area contributed by atoms with E-state index in [0.29, 0.717) is 17.6 Å². The number of halogens is 1. The second-order valence-electron chi connectivity index (χ2n) is 7.52. The smallest absolute Gasteiger partial charge is 0.131 e. The van der Waals surface area contributed by atoms with Crippen molar-refractivity contribution in [3.05, 3.63) is 59.9 Å². The number of amidine groups is 1. The van der Waals surface area contributed by atoms with Crippen LogP contribution in [0.1, 0.15) is 18.4 Å². The molecule has 3 N–H and O–H groups in total. The van der Waals surface area contributed by atoms with Gasteiger partial charge in [-0.25, -0.2) is 4.39 Å². The molecule has 1 aromatic heterocycles. The molecule has 2 heterocycles. The summed E-state index contributed by atoms with van der Waals surface area (Å²) in [6.45, 7) is 3.20. The van der Waals surface area contributed by atoms with Crippen molar-refractivity contribution in [1.82, 2.24) is 10.2 Å². The first-order valence-corrected chi connectivity index (χ1v) is 11.1. The van der Waals surface area contributed by atoms with E-state index in [1.807, 2.05) is 18.2 Å². The van der Waals surface area contributed by atoms with Crippen molar-refractivity contribution in [2.75, 3.05) is 38.7 Å². The molecule has 0 saturated carbocycles. The Morgan fingerprint density at radius 2 is 2.17 bits per heavy atom. The van der Waals surface area contributed by atoms with Crippen LogP contribution in [0.3, 0.4) is 0 Å². The van der Waals surface area contributed by atoms with Crippen LogP contribution >= 0.6 is 11.3 Å². The van der Waals surface area contributed by atoms with E-state index in [1.165, 1.54) is 12.1 Å². The van der Waals surface area contributed by atoms with Gasteiger partial charge in [0, 0.05) is 55.2 Å². The van der Waals surface area contributed by atoms with Crippen molar-refractivity contribution in [2.45, 2.75) is 18.9 Å². The number of ether oxygens (including phenoxy) is 1. The summed E-state index contributed by atoms with van der Waals surface area (Å²) in [6.07, 6.45) is 2.03. The van der Waals surface area contributed by atoms with E-state index >= 15 is 0 Å². The van der Waals surface area contributed by atoms with Gasteiger partial charge in [0.1, 0.15) is 16.7 Å². The maximum atomic E-state index is 13.7. The molecular formula is C23H27FN4OS. The van der Waals surface area contributed by atoms with E-state index in [1.54, 1.807) is 24.5 Å². The minimum atomic E-state index is -0.279. The molecule has 30 heavy (non-hydrogen) atoms. The van der Waals surface area contributed by atoms with Crippen molar-refractivity contribution in [2.24, 2.45) is 0 Å². The van der Waals surface area contributed by atoms with Gasteiger partial charge in [-0.3, -0.25) is 5.41 Å². The average Bonchev–Trinajstić information content (AvgIpc) is 3.11. The molecule has 1 saturated heterocycles. The molecule has 1 fully saturated rings. The highest BCUT2D eigenvalue weighted by atomic mass is 32.1. The minimum Gasteiger partial charge on any atom is -0.385 e. The lowest BCUT2D eigenvalue weighted by molar-refractivity contribution is 0.182. The molecule has 0 radical (unpaired) electrons. The molecule has 0 aliphatic carbocycles. The Bertz CT molecular complexity index is 1020. The largest absolute Gasteiger partial charge is 0.385 e. The summed E-state index contributed by atoms with van der Waals surface area (Å²) in [4.78, 5) is 2.15. The summed E-state index contributed by atoms with van der Waals surface area (Å²) < 4.78 is 20.0. The Kier molecular flexibility index (Phi) is 6.62. The number of piperazine rings is 1. The molecule has 1 aliphatic heterocycles. The highest BCUT2D eigenvalue weighted by molar-refractivity contribution is 7.23. The van der Waals surface area contributed by atoms with E-state index in [0.717, 1.165) is 59.7 Å². The number of methoxy groups -OCH3 is 1. The molecule has 4 rings (SSSR count). The Morgan fingerprint density at radius 1 is 1.30 bits per heavy atom. The van der Waals surface area contributed by atoms with Crippen LogP contribution in [0, 0.1) is 11.2 Å². The van der Waals surface area contributed by atoms with Crippen LogP contribution in [0.25, 0.3) is 10.1 Å². The Morgan fingerprint density at radius 3 is 3.00 bits per heavy atom. The zero-order valence-corrected chi connectivity index (χ0v) is 17.9. The maximum absolute atomic E-state index is 13.7. The number of hydrogen-bond acceptors (Lipinski definition) is 5. The fourth-order valence-corrected chi connectivity index (χ4v) is 5.04. The fraction of sp³-hybridized carbons (Fsp3) is 0.348. The Labute approximate surface area is 180 Å². The van der Waals surface area contributed by atoms with Crippen LogP contribution < -0.4 is 10.6 Å². The van der Waals surface area contributed by atoms with Gasteiger partial charge in [-0.1, -0.05) is 24.3 Å². The van der Waals surface area contributed by atoms with Gasteiger partial charge in [-0.2, -0.15) is 0 Å². The van der Waals surface area contributed by atoms with E-state index in [-0.39, 0.29) is 5.82 Å². The lowest BCUT2D eigenvalue weighted by Crippen LogP contribution is -2.52. The van der Waals surface area contributed by atoms with E-state index < -0.39 is 0 Å². The molecule has 2 aromatic carbocycles. The minimum absolute atomic E-state index is 0.279. The molecule has 0 bridgehead atoms. The Balaban J connectivity index is 1.61. The van der Waals surface area contributed by atoms with Crippen molar-refractivity contribution in [1.29, 1.82) is 5.41 Å². The first-order valence-electron chi connectivity index (χ1n) is 10.3. The van der Waals surface area contributed by atoms with Gasteiger partial charge in [0.05, 0.1) is 5.56 Å². The summed E-state index contributed by atoms with van der Waals surface area (Å²) in [5.41, 5.74) is 1.57. The molecule has 158 valence electrons. The van der Waals surface area contributed by atoms with Gasteiger partial charge in [0.2, 0.25) is 0 Å². The van der Waals surface area contributed by atoms with E-state index in [4.69, 9.17) is 10.1 Å². The zero-order valence-electron chi connectivity index (χ0n) is 17.1. The fourth-order valence-electron chi connectivity index (χ4n) is 3.92. The summed E-state index contributed by atoms with van der Waals surface area (Å²) in [7, 11) is 1.73. The van der Waals surface area contributed by atoms with E-state index in [2.05, 4.69) is 27.7 Å². The van der Waals surface area contributed by atoms with Crippen molar-refractivity contribution in [3.63, 3.8) is 0 Å². The molecular weight excluding hydrogens is 399 g/mol. The summed E-state index contributed by atoms with van der Waals surface area (Å²) in [5.74, 6) is 0.239. The molecule has 7 heteroatoms. The second kappa shape index (κ2) is 9.55. The monoisotopic (exact) mass is 426 g/mol. The van der Waals surface area contributed by atoms with Crippen LogP contribution in [0.2, 0.25) is 0 Å². The normalized spacial score (nSPS) is 16.7. The second-order valence-corrected chi connectivity index (χ2v) is 8.57. The number of nitrogens with one attached hydrogen (secondary N) is 3. The lowest BCUT2D eigenvalue weighted by Gasteiger charge is -2.35. The standard InChI is InChI=1S/C23H27FN4OS/c1-29-13-5-8-18-15-28(12-11-26-18)22(25)21-19-9-2-3-10-20(19)30-23(21)27-17-7-4-6-16(24)14-17/h2-4,6-7,9-10,14,18,25-27H,5,8,11-13,15H2,1H3. The van der Waals surface area contributed by atoms with Gasteiger partial charge in [-0.05, 0) is 37.1 Å². The summed E-state index contributed by atoms with van der Waals surface area (Å²) >= 11 is 1.60. The Hall–Kier alpha value is -2.48. The van der Waals surface area contributed by atoms with Crippen LogP contribution in [-0.2, 0) is 4.74 Å². The van der Waals surface area contributed by atoms with Gasteiger partial charge in [0.25, 0.3) is 0 Å². The summed E-state index contributed by atoms with van der Waals surface area (Å²) in [5, 5.41) is 17.9. The van der Waals surface area contributed by atoms with Gasteiger partial charge >= 0.3 is 0 Å².